The van der Waals surface area contributed by atoms with E-state index in [-0.39, 0.29) is 11.2 Å². The lowest BCUT2D eigenvalue weighted by Gasteiger charge is -2.28. The van der Waals surface area contributed by atoms with Gasteiger partial charge < -0.3 is 0 Å². The fourth-order valence-corrected chi connectivity index (χ4v) is 1.55. The Balaban J connectivity index is 0.000000921. The molecule has 1 rings (SSSR count). The van der Waals surface area contributed by atoms with Crippen molar-refractivity contribution in [3.05, 3.63) is 23.9 Å². The molecule has 0 radical (unpaired) electrons. The first-order chi connectivity index (χ1) is 7.03. The third kappa shape index (κ3) is 2.88. The number of carbonyl (C=O) groups is 1. The zero-order chi connectivity index (χ0) is 12.1. The van der Waals surface area contributed by atoms with Crippen molar-refractivity contribution in [2.24, 2.45) is 10.4 Å². The first-order valence-electron chi connectivity index (χ1n) is 5.40. The number of allylic oxidation sites excluding steroid dienone is 3. The Bertz CT molecular complexity index is 298. The third-order valence-electron chi connectivity index (χ3n) is 2.55. The predicted molar refractivity (Wildman–Crippen MR) is 66.1 cm³/mol. The highest BCUT2D eigenvalue weighted by atomic mass is 16.1. The molecule has 0 aromatic carbocycles. The van der Waals surface area contributed by atoms with Crippen molar-refractivity contribution >= 4 is 12.5 Å². The van der Waals surface area contributed by atoms with Gasteiger partial charge in [-0.05, 0) is 19.6 Å². The topological polar surface area (TPSA) is 29.4 Å². The van der Waals surface area contributed by atoms with Crippen LogP contribution in [0.1, 0.15) is 40.5 Å². The largest absolute Gasteiger partial charge is 0.294 e. The van der Waals surface area contributed by atoms with Gasteiger partial charge in [0.1, 0.15) is 0 Å². The number of hydrogen-bond donors (Lipinski definition) is 0. The Morgan fingerprint density at radius 2 is 1.93 bits per heavy atom. The fraction of sp³-hybridized carbons (Fsp3) is 0.538. The Morgan fingerprint density at radius 1 is 1.40 bits per heavy atom. The lowest BCUT2D eigenvalue weighted by Crippen LogP contribution is -2.29. The van der Waals surface area contributed by atoms with Gasteiger partial charge in [0.05, 0.1) is 5.70 Å². The highest BCUT2D eigenvalue weighted by Crippen LogP contribution is 2.36. The molecule has 2 nitrogen and oxygen atoms in total. The number of Topliss-reactive ketones (excluding diaryl/α,β-unsaturated/α-hetero) is 1. The van der Waals surface area contributed by atoms with E-state index >= 15 is 0 Å². The molecule has 2 heteroatoms. The van der Waals surface area contributed by atoms with Crippen molar-refractivity contribution < 1.29 is 4.79 Å². The van der Waals surface area contributed by atoms with Crippen LogP contribution in [0.25, 0.3) is 0 Å². The second kappa shape index (κ2) is 5.64. The van der Waals surface area contributed by atoms with E-state index in [1.54, 1.807) is 6.08 Å². The summed E-state index contributed by atoms with van der Waals surface area (Å²) in [5.74, 6) is 0.135. The minimum absolute atomic E-state index is 0.135. The minimum Gasteiger partial charge on any atom is -0.294 e. The standard InChI is InChI=1S/C11H15NO.C2H6/c1-5-8-9(12-4)6-7-11(2,3)10(8)13;1-2/h5H,1,4,6-7H2,2-3H3;1-2H3. The van der Waals surface area contributed by atoms with Crippen molar-refractivity contribution in [3.8, 4) is 0 Å². The molecule has 0 aromatic rings. The molecule has 0 amide bonds. The van der Waals surface area contributed by atoms with Gasteiger partial charge >= 0.3 is 0 Å². The van der Waals surface area contributed by atoms with E-state index < -0.39 is 0 Å². The van der Waals surface area contributed by atoms with Crippen LogP contribution in [0, 0.1) is 5.41 Å². The minimum atomic E-state index is -0.266. The molecule has 0 unspecified atom stereocenters. The number of hydrogen-bond acceptors (Lipinski definition) is 2. The zero-order valence-corrected chi connectivity index (χ0v) is 10.3. The van der Waals surface area contributed by atoms with Gasteiger partial charge in [0.25, 0.3) is 0 Å². The van der Waals surface area contributed by atoms with Crippen LogP contribution >= 0.6 is 0 Å². The summed E-state index contributed by atoms with van der Waals surface area (Å²) in [6.45, 7) is 15.0. The Labute approximate surface area is 92.8 Å². The maximum absolute atomic E-state index is 11.8. The van der Waals surface area contributed by atoms with Crippen molar-refractivity contribution in [1.82, 2.24) is 0 Å². The average molecular weight is 207 g/mol. The lowest BCUT2D eigenvalue weighted by molar-refractivity contribution is -0.123. The van der Waals surface area contributed by atoms with Crippen LogP contribution in [0.4, 0.5) is 0 Å². The van der Waals surface area contributed by atoms with Crippen LogP contribution in [0.5, 0.6) is 0 Å². The normalized spacial score (nSPS) is 19.1. The molecule has 0 bridgehead atoms. The highest BCUT2D eigenvalue weighted by molar-refractivity contribution is 6.03. The van der Waals surface area contributed by atoms with Crippen LogP contribution in [0.2, 0.25) is 0 Å². The summed E-state index contributed by atoms with van der Waals surface area (Å²) in [4.78, 5) is 15.7. The molecule has 1 aliphatic carbocycles. The van der Waals surface area contributed by atoms with Crippen molar-refractivity contribution in [2.45, 2.75) is 40.5 Å². The van der Waals surface area contributed by atoms with E-state index in [1.807, 2.05) is 27.7 Å². The lowest BCUT2D eigenvalue weighted by atomic mass is 9.75. The summed E-state index contributed by atoms with van der Waals surface area (Å²) < 4.78 is 0. The first kappa shape index (κ1) is 13.8. The summed E-state index contributed by atoms with van der Waals surface area (Å²) in [6, 6.07) is 0. The molecule has 0 heterocycles. The van der Waals surface area contributed by atoms with Gasteiger partial charge in [0.2, 0.25) is 0 Å². The summed E-state index contributed by atoms with van der Waals surface area (Å²) >= 11 is 0. The van der Waals surface area contributed by atoms with Crippen molar-refractivity contribution in [2.75, 3.05) is 0 Å². The predicted octanol–water partition coefficient (Wildman–Crippen LogP) is 3.54. The van der Waals surface area contributed by atoms with Gasteiger partial charge in [-0.15, -0.1) is 0 Å². The van der Waals surface area contributed by atoms with E-state index in [0.29, 0.717) is 5.57 Å². The number of carbonyl (C=O) groups excluding carboxylic acids is 1. The van der Waals surface area contributed by atoms with Crippen molar-refractivity contribution in [3.63, 3.8) is 0 Å². The van der Waals surface area contributed by atoms with E-state index in [4.69, 9.17) is 0 Å². The van der Waals surface area contributed by atoms with E-state index in [1.165, 1.54) is 0 Å². The van der Waals surface area contributed by atoms with Gasteiger partial charge in [-0.2, -0.15) is 0 Å². The fourth-order valence-electron chi connectivity index (χ4n) is 1.55. The molecule has 0 fully saturated rings. The molecule has 0 saturated carbocycles. The second-order valence-corrected chi connectivity index (χ2v) is 3.94. The molecule has 0 spiro atoms. The first-order valence-corrected chi connectivity index (χ1v) is 5.40. The van der Waals surface area contributed by atoms with Gasteiger partial charge in [-0.3, -0.25) is 9.79 Å². The zero-order valence-electron chi connectivity index (χ0n) is 10.3. The van der Waals surface area contributed by atoms with Crippen molar-refractivity contribution in [1.29, 1.82) is 0 Å². The molecular formula is C13H21NO. The number of ketones is 1. The second-order valence-electron chi connectivity index (χ2n) is 3.94. The van der Waals surface area contributed by atoms with Gasteiger partial charge in [0, 0.05) is 11.0 Å². The molecule has 0 saturated heterocycles. The number of aliphatic imine (C=N–C) groups is 1. The molecule has 0 atom stereocenters. The summed E-state index contributed by atoms with van der Waals surface area (Å²) in [5, 5.41) is 0. The quantitative estimate of drug-likeness (QED) is 0.637. The van der Waals surface area contributed by atoms with Gasteiger partial charge in [0.15, 0.2) is 5.78 Å². The molecule has 84 valence electrons. The summed E-state index contributed by atoms with van der Waals surface area (Å²) in [7, 11) is 0. The van der Waals surface area contributed by atoms with Crippen LogP contribution in [0.3, 0.4) is 0 Å². The monoisotopic (exact) mass is 207 g/mol. The van der Waals surface area contributed by atoms with Crippen LogP contribution in [-0.2, 0) is 4.79 Å². The van der Waals surface area contributed by atoms with Gasteiger partial charge in [-0.1, -0.05) is 40.3 Å². The SMILES string of the molecule is C=CC1=C(N=C)CCC(C)(C)C1=O.CC. The Kier molecular flexibility index (Phi) is 5.20. The van der Waals surface area contributed by atoms with E-state index in [0.717, 1.165) is 18.5 Å². The Morgan fingerprint density at radius 3 is 2.33 bits per heavy atom. The molecule has 0 aliphatic heterocycles. The maximum Gasteiger partial charge on any atom is 0.170 e. The van der Waals surface area contributed by atoms with E-state index in [2.05, 4.69) is 18.3 Å². The molecule has 15 heavy (non-hydrogen) atoms. The summed E-state index contributed by atoms with van der Waals surface area (Å²) in [5.41, 5.74) is 1.17. The Hall–Kier alpha value is -1.18. The molecule has 1 aliphatic rings. The highest BCUT2D eigenvalue weighted by Gasteiger charge is 2.34. The number of nitrogens with zero attached hydrogens (tertiary/aromatic N) is 1. The van der Waals surface area contributed by atoms with Gasteiger partial charge in [-0.25, -0.2) is 0 Å². The molecule has 0 N–H and O–H groups in total. The maximum atomic E-state index is 11.8. The average Bonchev–Trinajstić information content (AvgIpc) is 2.25. The van der Waals surface area contributed by atoms with Crippen LogP contribution < -0.4 is 0 Å². The summed E-state index contributed by atoms with van der Waals surface area (Å²) in [6.07, 6.45) is 3.26. The van der Waals surface area contributed by atoms with Crippen LogP contribution in [-0.4, -0.2) is 12.5 Å². The van der Waals surface area contributed by atoms with Crippen LogP contribution in [0.15, 0.2) is 28.9 Å². The number of rotatable bonds is 2. The third-order valence-corrected chi connectivity index (χ3v) is 2.55. The molecule has 0 aromatic heterocycles. The smallest absolute Gasteiger partial charge is 0.170 e. The molecular weight excluding hydrogens is 186 g/mol. The van der Waals surface area contributed by atoms with E-state index in [9.17, 15) is 4.79 Å².